The van der Waals surface area contributed by atoms with Crippen LogP contribution in [0.25, 0.3) is 0 Å². The Bertz CT molecular complexity index is 752. The van der Waals surface area contributed by atoms with E-state index in [1.165, 1.54) is 37.2 Å². The van der Waals surface area contributed by atoms with Crippen molar-refractivity contribution in [3.8, 4) is 5.88 Å². The Balaban J connectivity index is 1.38. The molecule has 0 spiro atoms. The second-order valence-corrected chi connectivity index (χ2v) is 7.71. The van der Waals surface area contributed by atoms with Crippen LogP contribution in [0, 0.1) is 0 Å². The van der Waals surface area contributed by atoms with Crippen molar-refractivity contribution in [1.29, 1.82) is 0 Å². The normalized spacial score (nSPS) is 23.2. The maximum atomic E-state index is 5.92. The molecule has 3 aliphatic rings. The summed E-state index contributed by atoms with van der Waals surface area (Å²) in [5, 5.41) is 0. The van der Waals surface area contributed by atoms with E-state index < -0.39 is 0 Å². The molecule has 0 aromatic carbocycles. The van der Waals surface area contributed by atoms with Gasteiger partial charge in [-0.1, -0.05) is 19.1 Å². The largest absolute Gasteiger partial charge is 0.478 e. The molecule has 2 aliphatic heterocycles. The van der Waals surface area contributed by atoms with Crippen LogP contribution in [0.3, 0.4) is 0 Å². The van der Waals surface area contributed by atoms with Gasteiger partial charge in [-0.25, -0.2) is 4.98 Å². The van der Waals surface area contributed by atoms with Crippen LogP contribution >= 0.6 is 0 Å². The quantitative estimate of drug-likeness (QED) is 0.783. The minimum atomic E-state index is 0.645. The zero-order valence-corrected chi connectivity index (χ0v) is 16.5. The summed E-state index contributed by atoms with van der Waals surface area (Å²) >= 11 is 0. The van der Waals surface area contributed by atoms with Crippen molar-refractivity contribution in [3.05, 3.63) is 54.3 Å². The van der Waals surface area contributed by atoms with Crippen molar-refractivity contribution in [2.75, 3.05) is 32.1 Å². The first-order valence-corrected chi connectivity index (χ1v) is 10.1. The van der Waals surface area contributed by atoms with Crippen molar-refractivity contribution in [2.24, 2.45) is 0 Å². The summed E-state index contributed by atoms with van der Waals surface area (Å²) in [5.41, 5.74) is 3.59. The number of allylic oxidation sites excluding steroid dienone is 3. The lowest BCUT2D eigenvalue weighted by molar-refractivity contribution is 0.151. The van der Waals surface area contributed by atoms with Crippen LogP contribution in [-0.2, 0) is 0 Å². The highest BCUT2D eigenvalue weighted by Gasteiger charge is 2.31. The van der Waals surface area contributed by atoms with E-state index >= 15 is 0 Å². The molecule has 3 heterocycles. The first kappa shape index (κ1) is 18.1. The van der Waals surface area contributed by atoms with Gasteiger partial charge in [-0.2, -0.15) is 0 Å². The van der Waals surface area contributed by atoms with E-state index in [9.17, 15) is 0 Å². The molecule has 5 heteroatoms. The summed E-state index contributed by atoms with van der Waals surface area (Å²) < 4.78 is 5.92. The third kappa shape index (κ3) is 3.61. The maximum absolute atomic E-state index is 5.92. The monoisotopic (exact) mass is 366 g/mol. The highest BCUT2D eigenvalue weighted by molar-refractivity contribution is 5.63. The zero-order valence-electron chi connectivity index (χ0n) is 16.5. The Hall–Kier alpha value is -2.27. The predicted octanol–water partition coefficient (Wildman–Crippen LogP) is 4.12. The fourth-order valence-electron chi connectivity index (χ4n) is 4.32. The number of rotatable bonds is 5. The Morgan fingerprint density at radius 1 is 1.26 bits per heavy atom. The van der Waals surface area contributed by atoms with Crippen LogP contribution < -0.4 is 9.64 Å². The van der Waals surface area contributed by atoms with Gasteiger partial charge in [-0.05, 0) is 57.8 Å². The lowest BCUT2D eigenvalue weighted by Gasteiger charge is -2.32. The number of anilines is 1. The van der Waals surface area contributed by atoms with Gasteiger partial charge in [-0.15, -0.1) is 0 Å². The lowest BCUT2D eigenvalue weighted by atomic mass is 10.0. The highest BCUT2D eigenvalue weighted by Crippen LogP contribution is 2.39. The summed E-state index contributed by atoms with van der Waals surface area (Å²) in [6, 6.07) is 4.71. The molecular formula is C22H30N4O. The molecule has 1 aromatic heterocycles. The number of ether oxygens (including phenoxy) is 1. The van der Waals surface area contributed by atoms with Crippen LogP contribution in [0.2, 0.25) is 0 Å². The van der Waals surface area contributed by atoms with Crippen LogP contribution in [0.4, 0.5) is 5.69 Å². The smallest absolute Gasteiger partial charge is 0.213 e. The van der Waals surface area contributed by atoms with Crippen LogP contribution in [0.15, 0.2) is 54.3 Å². The Labute approximate surface area is 162 Å². The second-order valence-electron chi connectivity index (χ2n) is 7.71. The van der Waals surface area contributed by atoms with Gasteiger partial charge in [0.1, 0.15) is 5.82 Å². The second kappa shape index (κ2) is 7.77. The van der Waals surface area contributed by atoms with E-state index in [1.807, 2.05) is 12.3 Å². The molecule has 1 saturated heterocycles. The van der Waals surface area contributed by atoms with E-state index in [4.69, 9.17) is 4.74 Å². The fourth-order valence-corrected chi connectivity index (χ4v) is 4.32. The minimum absolute atomic E-state index is 0.645. The molecule has 1 unspecified atom stereocenters. The third-order valence-corrected chi connectivity index (χ3v) is 6.00. The zero-order chi connectivity index (χ0) is 18.8. The van der Waals surface area contributed by atoms with Crippen LogP contribution in [0.5, 0.6) is 5.88 Å². The van der Waals surface area contributed by atoms with E-state index in [0.717, 1.165) is 37.4 Å². The molecule has 1 aliphatic carbocycles. The molecule has 5 nitrogen and oxygen atoms in total. The standard InChI is InChI=1S/C22H30N4O/c1-17-25(3)20-9-4-5-10-21(20)26(17)19-11-12-22(23-16-19)27-15-13-18-8-6-7-14-24(18)2/h4,9,11-12,16,18H,1,5-8,10,13-15H2,2-3H3. The van der Waals surface area contributed by atoms with Crippen molar-refractivity contribution in [2.45, 2.75) is 44.6 Å². The molecule has 144 valence electrons. The Kier molecular flexibility index (Phi) is 5.21. The number of hydrogen-bond acceptors (Lipinski definition) is 5. The van der Waals surface area contributed by atoms with E-state index in [0.29, 0.717) is 11.9 Å². The van der Waals surface area contributed by atoms with E-state index in [2.05, 4.69) is 58.6 Å². The molecule has 1 atom stereocenters. The van der Waals surface area contributed by atoms with Crippen molar-refractivity contribution in [1.82, 2.24) is 14.8 Å². The first-order valence-electron chi connectivity index (χ1n) is 10.1. The third-order valence-electron chi connectivity index (χ3n) is 6.00. The molecule has 0 saturated carbocycles. The van der Waals surface area contributed by atoms with E-state index in [-0.39, 0.29) is 0 Å². The van der Waals surface area contributed by atoms with Crippen molar-refractivity contribution < 1.29 is 4.74 Å². The van der Waals surface area contributed by atoms with Gasteiger partial charge in [0.25, 0.3) is 0 Å². The fraction of sp³-hybridized carbons (Fsp3) is 0.500. The van der Waals surface area contributed by atoms with Crippen molar-refractivity contribution >= 4 is 5.69 Å². The number of hydrogen-bond donors (Lipinski definition) is 0. The average Bonchev–Trinajstić information content (AvgIpc) is 2.95. The van der Waals surface area contributed by atoms with Gasteiger partial charge >= 0.3 is 0 Å². The topological polar surface area (TPSA) is 31.8 Å². The van der Waals surface area contributed by atoms with Gasteiger partial charge in [0.15, 0.2) is 0 Å². The lowest BCUT2D eigenvalue weighted by Crippen LogP contribution is -2.37. The minimum Gasteiger partial charge on any atom is -0.478 e. The summed E-state index contributed by atoms with van der Waals surface area (Å²) in [4.78, 5) is 11.4. The summed E-state index contributed by atoms with van der Waals surface area (Å²) in [5.74, 6) is 1.68. The Morgan fingerprint density at radius 3 is 2.93 bits per heavy atom. The molecule has 0 radical (unpaired) electrons. The first-order chi connectivity index (χ1) is 13.1. The molecule has 1 aromatic rings. The molecule has 27 heavy (non-hydrogen) atoms. The molecular weight excluding hydrogens is 336 g/mol. The Morgan fingerprint density at radius 2 is 2.15 bits per heavy atom. The maximum Gasteiger partial charge on any atom is 0.213 e. The van der Waals surface area contributed by atoms with Gasteiger partial charge < -0.3 is 14.5 Å². The molecule has 0 N–H and O–H groups in total. The number of pyridine rings is 1. The number of likely N-dealkylation sites (N-methyl/N-ethyl adjacent to an activating group) is 1. The van der Waals surface area contributed by atoms with E-state index in [1.54, 1.807) is 0 Å². The van der Waals surface area contributed by atoms with Crippen LogP contribution in [0.1, 0.15) is 38.5 Å². The summed E-state index contributed by atoms with van der Waals surface area (Å²) in [6.07, 6.45) is 13.4. The van der Waals surface area contributed by atoms with Crippen molar-refractivity contribution in [3.63, 3.8) is 0 Å². The molecule has 0 amide bonds. The van der Waals surface area contributed by atoms with Gasteiger partial charge in [0.05, 0.1) is 24.2 Å². The number of piperidine rings is 1. The number of nitrogens with zero attached hydrogens (tertiary/aromatic N) is 4. The van der Waals surface area contributed by atoms with Gasteiger partial charge in [0.2, 0.25) is 5.88 Å². The molecule has 4 rings (SSSR count). The number of aromatic nitrogens is 1. The van der Waals surface area contributed by atoms with Gasteiger partial charge in [0, 0.05) is 24.9 Å². The molecule has 0 bridgehead atoms. The SMILES string of the molecule is C=C1N(C)C2=C(CCC=C2)N1c1ccc(OCCC2CCCCN2C)nc1. The highest BCUT2D eigenvalue weighted by atomic mass is 16.5. The number of likely N-dealkylation sites (tertiary alicyclic amines) is 1. The van der Waals surface area contributed by atoms with Crippen LogP contribution in [-0.4, -0.2) is 48.1 Å². The van der Waals surface area contributed by atoms with Gasteiger partial charge in [-0.3, -0.25) is 4.90 Å². The summed E-state index contributed by atoms with van der Waals surface area (Å²) in [6.45, 7) is 6.19. The molecule has 1 fully saturated rings. The average molecular weight is 367 g/mol. The summed E-state index contributed by atoms with van der Waals surface area (Å²) in [7, 11) is 4.29. The predicted molar refractivity (Wildman–Crippen MR) is 109 cm³/mol.